The summed E-state index contributed by atoms with van der Waals surface area (Å²) in [6, 6.07) is 9.77. The first-order valence-corrected chi connectivity index (χ1v) is 10.8. The fourth-order valence-electron chi connectivity index (χ4n) is 3.42. The highest BCUT2D eigenvalue weighted by molar-refractivity contribution is 6.30. The third-order valence-corrected chi connectivity index (χ3v) is 5.33. The lowest BCUT2D eigenvalue weighted by atomic mass is 10.2. The van der Waals surface area contributed by atoms with E-state index >= 15 is 0 Å². The number of nitrogens with zero attached hydrogens (tertiary/aromatic N) is 5. The number of aromatic nitrogens is 5. The zero-order valence-electron chi connectivity index (χ0n) is 17.4. The van der Waals surface area contributed by atoms with Crippen molar-refractivity contribution < 1.29 is 10.0 Å². The van der Waals surface area contributed by atoms with Crippen LogP contribution in [0.2, 0.25) is 5.02 Å². The lowest BCUT2D eigenvalue weighted by Crippen LogP contribution is -2.17. The second-order valence-corrected chi connectivity index (χ2v) is 7.94. The Morgan fingerprint density at radius 2 is 1.94 bits per heavy atom. The summed E-state index contributed by atoms with van der Waals surface area (Å²) in [5, 5.41) is 17.7. The van der Waals surface area contributed by atoms with Crippen molar-refractivity contribution in [2.75, 3.05) is 5.32 Å². The molecule has 1 amide bonds. The van der Waals surface area contributed by atoms with Crippen molar-refractivity contribution in [1.82, 2.24) is 29.8 Å². The van der Waals surface area contributed by atoms with Crippen LogP contribution in [0, 0.1) is 0 Å². The number of hydrogen-bond acceptors (Lipinski definition) is 6. The Kier molecular flexibility index (Phi) is 6.98. The van der Waals surface area contributed by atoms with Crippen LogP contribution in [0.5, 0.6) is 0 Å². The molecule has 4 rings (SSSR count). The number of halogens is 1. The first-order valence-electron chi connectivity index (χ1n) is 10.4. The molecule has 0 atom stereocenters. The maximum Gasteiger partial charge on any atom is 0.243 e. The molecule has 0 fully saturated rings. The normalized spacial score (nSPS) is 11.1. The van der Waals surface area contributed by atoms with Crippen LogP contribution in [0.1, 0.15) is 31.2 Å². The van der Waals surface area contributed by atoms with Crippen LogP contribution in [0.25, 0.3) is 11.0 Å². The summed E-state index contributed by atoms with van der Waals surface area (Å²) in [4.78, 5) is 20.1. The van der Waals surface area contributed by atoms with Crippen LogP contribution in [0.4, 0.5) is 11.6 Å². The fraction of sp³-hybridized carbons (Fsp3) is 0.273. The SMILES string of the molecule is O=C(CCCCCn1cc(Nc2ncc3ccn(Cc4ccc(Cl)cc4)c3n2)cn1)NO. The van der Waals surface area contributed by atoms with E-state index in [2.05, 4.69) is 25.0 Å². The highest BCUT2D eigenvalue weighted by Crippen LogP contribution is 2.19. The minimum atomic E-state index is -0.355. The summed E-state index contributed by atoms with van der Waals surface area (Å²) in [6.07, 6.45) is 10.3. The van der Waals surface area contributed by atoms with Gasteiger partial charge in [0.25, 0.3) is 0 Å². The average molecular weight is 454 g/mol. The number of hydroxylamine groups is 1. The van der Waals surface area contributed by atoms with Gasteiger partial charge in [0, 0.05) is 48.5 Å². The maximum atomic E-state index is 11.0. The van der Waals surface area contributed by atoms with Crippen molar-refractivity contribution in [3.8, 4) is 0 Å². The van der Waals surface area contributed by atoms with E-state index in [-0.39, 0.29) is 5.91 Å². The van der Waals surface area contributed by atoms with Crippen molar-refractivity contribution in [2.24, 2.45) is 0 Å². The standard InChI is InChI=1S/C22H24ClN7O2/c23-18-7-5-16(6-8-18)14-29-11-9-17-12-24-22(27-21(17)29)26-19-13-25-30(15-19)10-3-1-2-4-20(31)28-32/h5-9,11-13,15,32H,1-4,10,14H2,(H,28,31)(H,24,26,27). The average Bonchev–Trinajstić information content (AvgIpc) is 3.41. The van der Waals surface area contributed by atoms with Gasteiger partial charge in [0.15, 0.2) is 0 Å². The van der Waals surface area contributed by atoms with E-state index in [1.807, 2.05) is 47.4 Å². The topological polar surface area (TPSA) is 110 Å². The van der Waals surface area contributed by atoms with Gasteiger partial charge in [-0.15, -0.1) is 0 Å². The molecule has 166 valence electrons. The predicted octanol–water partition coefficient (Wildman–Crippen LogP) is 4.14. The lowest BCUT2D eigenvalue weighted by molar-refractivity contribution is -0.129. The summed E-state index contributed by atoms with van der Waals surface area (Å²) < 4.78 is 3.92. The molecule has 0 unspecified atom stereocenters. The van der Waals surface area contributed by atoms with Crippen molar-refractivity contribution in [3.05, 3.63) is 65.7 Å². The molecule has 0 saturated heterocycles. The lowest BCUT2D eigenvalue weighted by Gasteiger charge is -2.07. The van der Waals surface area contributed by atoms with Gasteiger partial charge in [0.1, 0.15) is 5.65 Å². The number of nitrogens with one attached hydrogen (secondary N) is 2. The van der Waals surface area contributed by atoms with Crippen LogP contribution in [-0.2, 0) is 17.9 Å². The Labute approximate surface area is 190 Å². The van der Waals surface area contributed by atoms with Gasteiger partial charge < -0.3 is 9.88 Å². The van der Waals surface area contributed by atoms with Gasteiger partial charge in [0.2, 0.25) is 11.9 Å². The number of hydrogen-bond donors (Lipinski definition) is 3. The van der Waals surface area contributed by atoms with E-state index in [4.69, 9.17) is 16.8 Å². The molecule has 10 heteroatoms. The van der Waals surface area contributed by atoms with Crippen molar-refractivity contribution in [2.45, 2.75) is 38.8 Å². The Morgan fingerprint density at radius 1 is 1.09 bits per heavy atom. The van der Waals surface area contributed by atoms with E-state index < -0.39 is 0 Å². The molecule has 0 aliphatic rings. The maximum absolute atomic E-state index is 11.0. The molecule has 1 aromatic carbocycles. The van der Waals surface area contributed by atoms with Crippen LogP contribution >= 0.6 is 11.6 Å². The molecule has 0 bridgehead atoms. The highest BCUT2D eigenvalue weighted by atomic mass is 35.5. The molecule has 32 heavy (non-hydrogen) atoms. The third-order valence-electron chi connectivity index (χ3n) is 5.07. The number of rotatable bonds is 10. The van der Waals surface area contributed by atoms with Gasteiger partial charge in [-0.1, -0.05) is 30.2 Å². The van der Waals surface area contributed by atoms with Gasteiger partial charge in [-0.25, -0.2) is 10.5 Å². The van der Waals surface area contributed by atoms with Crippen molar-refractivity contribution >= 4 is 40.2 Å². The van der Waals surface area contributed by atoms with E-state index in [0.29, 0.717) is 18.9 Å². The zero-order chi connectivity index (χ0) is 22.3. The summed E-state index contributed by atoms with van der Waals surface area (Å²) in [5.41, 5.74) is 4.43. The second kappa shape index (κ2) is 10.3. The number of fused-ring (bicyclic) bond motifs is 1. The van der Waals surface area contributed by atoms with E-state index in [9.17, 15) is 4.79 Å². The quantitative estimate of drug-likeness (QED) is 0.189. The molecule has 0 spiro atoms. The molecule has 0 aliphatic carbocycles. The van der Waals surface area contributed by atoms with Gasteiger partial charge in [-0.3, -0.25) is 14.7 Å². The van der Waals surface area contributed by atoms with Gasteiger partial charge in [-0.2, -0.15) is 10.1 Å². The summed E-state index contributed by atoms with van der Waals surface area (Å²) >= 11 is 5.98. The Hall–Kier alpha value is -3.43. The van der Waals surface area contributed by atoms with Crippen LogP contribution in [0.15, 0.2) is 55.1 Å². The molecule has 0 saturated carbocycles. The number of amides is 1. The minimum Gasteiger partial charge on any atom is -0.328 e. The first-order chi connectivity index (χ1) is 15.6. The second-order valence-electron chi connectivity index (χ2n) is 7.51. The number of carbonyl (C=O) groups is 1. The minimum absolute atomic E-state index is 0.321. The molecule has 0 radical (unpaired) electrons. The molecule has 4 aromatic rings. The van der Waals surface area contributed by atoms with Crippen molar-refractivity contribution in [1.29, 1.82) is 0 Å². The Balaban J connectivity index is 1.36. The van der Waals surface area contributed by atoms with Gasteiger partial charge >= 0.3 is 0 Å². The Morgan fingerprint density at radius 3 is 2.75 bits per heavy atom. The summed E-state index contributed by atoms with van der Waals surface area (Å²) in [5.74, 6) is 0.148. The van der Waals surface area contributed by atoms with Crippen LogP contribution in [0.3, 0.4) is 0 Å². The number of unbranched alkanes of at least 4 members (excludes halogenated alkanes) is 2. The van der Waals surface area contributed by atoms with Crippen LogP contribution in [-0.4, -0.2) is 35.4 Å². The summed E-state index contributed by atoms with van der Waals surface area (Å²) in [6.45, 7) is 1.43. The molecule has 0 aliphatic heterocycles. The molecule has 3 N–H and O–H groups in total. The number of aryl methyl sites for hydroxylation is 1. The van der Waals surface area contributed by atoms with E-state index in [1.54, 1.807) is 17.9 Å². The molecule has 9 nitrogen and oxygen atoms in total. The first kappa shape index (κ1) is 21.8. The van der Waals surface area contributed by atoms with Crippen molar-refractivity contribution in [3.63, 3.8) is 0 Å². The smallest absolute Gasteiger partial charge is 0.243 e. The zero-order valence-corrected chi connectivity index (χ0v) is 18.2. The third kappa shape index (κ3) is 5.63. The monoisotopic (exact) mass is 453 g/mol. The van der Waals surface area contributed by atoms with E-state index in [1.165, 1.54) is 0 Å². The fourth-order valence-corrected chi connectivity index (χ4v) is 3.54. The molecular formula is C22H24ClN7O2. The van der Waals surface area contributed by atoms with E-state index in [0.717, 1.165) is 53.1 Å². The van der Waals surface area contributed by atoms with Gasteiger partial charge in [0.05, 0.1) is 11.9 Å². The number of anilines is 2. The number of benzene rings is 1. The summed E-state index contributed by atoms with van der Waals surface area (Å²) in [7, 11) is 0. The predicted molar refractivity (Wildman–Crippen MR) is 122 cm³/mol. The molecular weight excluding hydrogens is 430 g/mol. The highest BCUT2D eigenvalue weighted by Gasteiger charge is 2.08. The Bertz CT molecular complexity index is 1190. The number of carbonyl (C=O) groups excluding carboxylic acids is 1. The molecule has 3 aromatic heterocycles. The van der Waals surface area contributed by atoms with Crippen LogP contribution < -0.4 is 10.8 Å². The van der Waals surface area contributed by atoms with Gasteiger partial charge in [-0.05, 0) is 36.6 Å². The molecule has 3 heterocycles. The largest absolute Gasteiger partial charge is 0.328 e.